The topological polar surface area (TPSA) is 0 Å². The maximum Gasteiger partial charge on any atom is 0.261 e. The lowest BCUT2D eigenvalue weighted by atomic mass is 10.4. The quantitative estimate of drug-likeness (QED) is 0.645. The molecule has 0 aliphatic heterocycles. The summed E-state index contributed by atoms with van der Waals surface area (Å²) in [6, 6.07) is 9.44. The molecule has 0 aliphatic rings. The SMILES string of the molecule is C[CH2][Al]([CH2]C)[CH2]C.Clc1ccccc1. The summed E-state index contributed by atoms with van der Waals surface area (Å²) < 4.78 is 0. The highest BCUT2D eigenvalue weighted by molar-refractivity contribution is 6.58. The molecule has 0 nitrogen and oxygen atoms in total. The van der Waals surface area contributed by atoms with Gasteiger partial charge in [-0.3, -0.25) is 0 Å². The molecule has 1 aromatic rings. The van der Waals surface area contributed by atoms with E-state index < -0.39 is 0 Å². The minimum absolute atomic E-state index is 0.171. The zero-order valence-electron chi connectivity index (χ0n) is 9.46. The van der Waals surface area contributed by atoms with E-state index in [1.807, 2.05) is 30.3 Å². The van der Waals surface area contributed by atoms with Crippen LogP contribution < -0.4 is 0 Å². The lowest BCUT2D eigenvalue weighted by Crippen LogP contribution is -2.04. The molecule has 0 atom stereocenters. The molecular weight excluding hydrogens is 207 g/mol. The first-order valence-electron chi connectivity index (χ1n) is 5.45. The number of rotatable bonds is 3. The number of hydrogen-bond acceptors (Lipinski definition) is 0. The van der Waals surface area contributed by atoms with Crippen molar-refractivity contribution in [1.82, 2.24) is 0 Å². The van der Waals surface area contributed by atoms with Gasteiger partial charge in [-0.15, -0.1) is 0 Å². The van der Waals surface area contributed by atoms with Crippen molar-refractivity contribution in [2.24, 2.45) is 0 Å². The van der Waals surface area contributed by atoms with Gasteiger partial charge in [0.05, 0.1) is 0 Å². The Labute approximate surface area is 97.7 Å². The highest BCUT2D eigenvalue weighted by Crippen LogP contribution is 2.03. The zero-order chi connectivity index (χ0) is 10.8. The Morgan fingerprint density at radius 3 is 1.50 bits per heavy atom. The molecule has 0 heterocycles. The van der Waals surface area contributed by atoms with E-state index in [9.17, 15) is 0 Å². The Hall–Kier alpha value is 0.0425. The van der Waals surface area contributed by atoms with Gasteiger partial charge in [0, 0.05) is 5.02 Å². The van der Waals surface area contributed by atoms with Crippen molar-refractivity contribution >= 4 is 25.7 Å². The monoisotopic (exact) mass is 226 g/mol. The molecule has 0 N–H and O–H groups in total. The molecule has 1 rings (SSSR count). The maximum atomic E-state index is 5.54. The van der Waals surface area contributed by atoms with Crippen molar-refractivity contribution in [3.8, 4) is 0 Å². The Balaban J connectivity index is 0.000000241. The highest BCUT2D eigenvalue weighted by atomic mass is 35.5. The second kappa shape index (κ2) is 9.59. The van der Waals surface area contributed by atoms with Crippen LogP contribution in [0.2, 0.25) is 20.9 Å². The zero-order valence-corrected chi connectivity index (χ0v) is 11.4. The average Bonchev–Trinajstić information content (AvgIpc) is 2.22. The van der Waals surface area contributed by atoms with Crippen LogP contribution in [-0.2, 0) is 0 Å². The van der Waals surface area contributed by atoms with Crippen molar-refractivity contribution in [3.63, 3.8) is 0 Å². The summed E-state index contributed by atoms with van der Waals surface area (Å²) in [6.07, 6.45) is 0. The summed E-state index contributed by atoms with van der Waals surface area (Å²) >= 11 is 5.37. The largest absolute Gasteiger partial charge is 0.261 e. The molecule has 0 aliphatic carbocycles. The second-order valence-corrected chi connectivity index (χ2v) is 8.00. The first-order valence-corrected chi connectivity index (χ1v) is 8.27. The first-order chi connectivity index (χ1) is 6.74. The minimum Gasteiger partial charge on any atom is -0.0967 e. The van der Waals surface area contributed by atoms with Gasteiger partial charge in [0.1, 0.15) is 0 Å². The fourth-order valence-electron chi connectivity index (χ4n) is 1.28. The summed E-state index contributed by atoms with van der Waals surface area (Å²) in [4.78, 5) is 0. The maximum absolute atomic E-state index is 5.54. The van der Waals surface area contributed by atoms with Gasteiger partial charge in [-0.25, -0.2) is 0 Å². The third kappa shape index (κ3) is 7.45. The molecule has 1 aromatic carbocycles. The van der Waals surface area contributed by atoms with Crippen LogP contribution in [0.4, 0.5) is 0 Å². The molecule has 0 fully saturated rings. The van der Waals surface area contributed by atoms with E-state index in [4.69, 9.17) is 11.6 Å². The number of halogens is 1. The Bertz CT molecular complexity index is 201. The Kier molecular flexibility index (Phi) is 9.62. The second-order valence-electron chi connectivity index (χ2n) is 3.39. The van der Waals surface area contributed by atoms with Crippen molar-refractivity contribution in [3.05, 3.63) is 35.4 Å². The van der Waals surface area contributed by atoms with E-state index in [1.54, 1.807) is 0 Å². The molecular formula is C12H20AlCl. The normalized spacial score (nSPS) is 8.86. The van der Waals surface area contributed by atoms with Gasteiger partial charge in [-0.2, -0.15) is 0 Å². The van der Waals surface area contributed by atoms with Gasteiger partial charge < -0.3 is 0 Å². The van der Waals surface area contributed by atoms with Gasteiger partial charge in [0.15, 0.2) is 0 Å². The summed E-state index contributed by atoms with van der Waals surface area (Å²) in [5, 5.41) is 5.27. The Morgan fingerprint density at radius 2 is 1.36 bits per heavy atom. The van der Waals surface area contributed by atoms with Crippen LogP contribution in [0.25, 0.3) is 0 Å². The third-order valence-electron chi connectivity index (χ3n) is 2.47. The van der Waals surface area contributed by atoms with Crippen LogP contribution in [0.15, 0.2) is 30.3 Å². The van der Waals surface area contributed by atoms with E-state index >= 15 is 0 Å². The molecule has 0 aromatic heterocycles. The number of hydrogen-bond donors (Lipinski definition) is 0. The van der Waals surface area contributed by atoms with Crippen LogP contribution in [0, 0.1) is 0 Å². The van der Waals surface area contributed by atoms with E-state index in [-0.39, 0.29) is 14.1 Å². The molecule has 0 unspecified atom stereocenters. The molecule has 78 valence electrons. The highest BCUT2D eigenvalue weighted by Gasteiger charge is 2.05. The van der Waals surface area contributed by atoms with Crippen molar-refractivity contribution in [2.75, 3.05) is 0 Å². The van der Waals surface area contributed by atoms with Gasteiger partial charge in [-0.1, -0.05) is 66.4 Å². The average molecular weight is 227 g/mol. The van der Waals surface area contributed by atoms with Crippen LogP contribution in [-0.4, -0.2) is 14.1 Å². The predicted octanol–water partition coefficient (Wildman–Crippen LogP) is 4.88. The lowest BCUT2D eigenvalue weighted by molar-refractivity contribution is 1.24. The van der Waals surface area contributed by atoms with E-state index in [1.165, 1.54) is 15.8 Å². The summed E-state index contributed by atoms with van der Waals surface area (Å²) in [7, 11) is 0. The summed E-state index contributed by atoms with van der Waals surface area (Å²) in [5.41, 5.74) is 0. The first kappa shape index (κ1) is 14.0. The van der Waals surface area contributed by atoms with Crippen LogP contribution in [0.3, 0.4) is 0 Å². The van der Waals surface area contributed by atoms with Crippen LogP contribution >= 0.6 is 11.6 Å². The van der Waals surface area contributed by atoms with Crippen molar-refractivity contribution in [2.45, 2.75) is 36.6 Å². The molecule has 0 radical (unpaired) electrons. The summed E-state index contributed by atoms with van der Waals surface area (Å²) in [5.74, 6) is 0. The summed E-state index contributed by atoms with van der Waals surface area (Å²) in [6.45, 7) is 6.97. The standard InChI is InChI=1S/C6H5Cl.3C2H5.Al/c7-6-4-2-1-3-5-6;3*1-2;/h1-5H;3*1H2,2H3;. The molecule has 14 heavy (non-hydrogen) atoms. The predicted molar refractivity (Wildman–Crippen MR) is 68.6 cm³/mol. The van der Waals surface area contributed by atoms with Gasteiger partial charge in [-0.05, 0) is 12.1 Å². The third-order valence-corrected chi connectivity index (χ3v) is 6.18. The molecule has 0 bridgehead atoms. The Morgan fingerprint density at radius 1 is 0.929 bits per heavy atom. The van der Waals surface area contributed by atoms with Crippen molar-refractivity contribution < 1.29 is 0 Å². The van der Waals surface area contributed by atoms with Gasteiger partial charge in [0.25, 0.3) is 14.1 Å². The van der Waals surface area contributed by atoms with E-state index in [2.05, 4.69) is 20.8 Å². The molecule has 0 saturated carbocycles. The fourth-order valence-corrected chi connectivity index (χ4v) is 3.16. The van der Waals surface area contributed by atoms with Gasteiger partial charge in [0.2, 0.25) is 0 Å². The smallest absolute Gasteiger partial charge is 0.0967 e. The van der Waals surface area contributed by atoms with Crippen LogP contribution in [0.5, 0.6) is 0 Å². The fraction of sp³-hybridized carbons (Fsp3) is 0.500. The lowest BCUT2D eigenvalue weighted by Gasteiger charge is -1.97. The minimum atomic E-state index is -0.171. The van der Waals surface area contributed by atoms with E-state index in [0.29, 0.717) is 0 Å². The van der Waals surface area contributed by atoms with Gasteiger partial charge >= 0.3 is 0 Å². The molecule has 0 amide bonds. The number of benzene rings is 1. The van der Waals surface area contributed by atoms with Crippen molar-refractivity contribution in [1.29, 1.82) is 0 Å². The molecule has 2 heteroatoms. The molecule has 0 saturated heterocycles. The molecule has 0 spiro atoms. The van der Waals surface area contributed by atoms with Crippen LogP contribution in [0.1, 0.15) is 20.8 Å². The van der Waals surface area contributed by atoms with E-state index in [0.717, 1.165) is 5.02 Å².